The molecule has 0 N–H and O–H groups in total. The average molecular weight is 313 g/mol. The van der Waals surface area contributed by atoms with E-state index in [-0.39, 0.29) is 31.7 Å². The van der Waals surface area contributed by atoms with Crippen LogP contribution >= 0.6 is 0 Å². The number of benzene rings is 1. The molecule has 1 amide bonds. The zero-order chi connectivity index (χ0) is 16.0. The molecule has 2 heterocycles. The van der Waals surface area contributed by atoms with Gasteiger partial charge in [-0.15, -0.1) is 0 Å². The molecule has 1 aromatic carbocycles. The van der Waals surface area contributed by atoms with E-state index in [0.29, 0.717) is 12.2 Å². The van der Waals surface area contributed by atoms with Crippen LogP contribution in [0, 0.1) is 0 Å². The largest absolute Gasteiger partial charge is 0.497 e. The number of hydrogen-bond donors (Lipinski definition) is 0. The predicted octanol–water partition coefficient (Wildman–Crippen LogP) is 3.50. The molecule has 120 valence electrons. The highest BCUT2D eigenvalue weighted by Crippen LogP contribution is 2.52. The fraction of sp³-hybridized carbons (Fsp3) is 0.562. The lowest BCUT2D eigenvalue weighted by Gasteiger charge is -2.46. The number of amides is 1. The van der Waals surface area contributed by atoms with Crippen LogP contribution in [0.2, 0.25) is 0 Å². The van der Waals surface area contributed by atoms with Crippen LogP contribution < -0.4 is 4.74 Å². The van der Waals surface area contributed by atoms with Crippen LogP contribution in [0.25, 0.3) is 0 Å². The van der Waals surface area contributed by atoms with Crippen molar-refractivity contribution in [2.24, 2.45) is 0 Å². The van der Waals surface area contributed by atoms with Gasteiger partial charge in [-0.3, -0.25) is 4.79 Å². The smallest absolute Gasteiger partial charge is 0.411 e. The molecule has 2 aliphatic heterocycles. The highest BCUT2D eigenvalue weighted by atomic mass is 19.4. The molecule has 2 atom stereocenters. The van der Waals surface area contributed by atoms with Gasteiger partial charge < -0.3 is 9.64 Å². The number of hydrogen-bond acceptors (Lipinski definition) is 2. The number of carbonyl (C=O) groups is 1. The quantitative estimate of drug-likeness (QED) is 0.836. The van der Waals surface area contributed by atoms with Gasteiger partial charge in [-0.2, -0.15) is 13.2 Å². The number of halogens is 3. The van der Waals surface area contributed by atoms with Gasteiger partial charge in [0.15, 0.2) is 0 Å². The first-order valence-electron chi connectivity index (χ1n) is 7.38. The molecule has 22 heavy (non-hydrogen) atoms. The predicted molar refractivity (Wildman–Crippen MR) is 74.7 cm³/mol. The lowest BCUT2D eigenvalue weighted by Crippen LogP contribution is -2.60. The molecule has 0 aromatic heterocycles. The van der Waals surface area contributed by atoms with Crippen LogP contribution in [0.1, 0.15) is 37.2 Å². The highest BCUT2D eigenvalue weighted by Gasteiger charge is 2.64. The number of fused-ring (bicyclic) bond motifs is 1. The van der Waals surface area contributed by atoms with E-state index >= 15 is 0 Å². The number of ether oxygens (including phenoxy) is 1. The van der Waals surface area contributed by atoms with Gasteiger partial charge in [0.1, 0.15) is 11.3 Å². The molecule has 2 aliphatic rings. The summed E-state index contributed by atoms with van der Waals surface area (Å²) >= 11 is 0. The second-order valence-electron chi connectivity index (χ2n) is 6.06. The molecule has 0 aliphatic carbocycles. The number of alkyl halides is 3. The molecule has 2 saturated heterocycles. The van der Waals surface area contributed by atoms with Crippen molar-refractivity contribution in [1.82, 2.24) is 4.90 Å². The van der Waals surface area contributed by atoms with E-state index in [0.717, 1.165) is 10.5 Å². The maximum absolute atomic E-state index is 13.7. The van der Waals surface area contributed by atoms with Gasteiger partial charge in [0.05, 0.1) is 7.11 Å². The Morgan fingerprint density at radius 3 is 2.55 bits per heavy atom. The number of piperidine rings is 1. The summed E-state index contributed by atoms with van der Waals surface area (Å²) in [6, 6.07) is 6.96. The lowest BCUT2D eigenvalue weighted by molar-refractivity contribution is -0.232. The summed E-state index contributed by atoms with van der Waals surface area (Å²) in [6.07, 6.45) is -3.86. The summed E-state index contributed by atoms with van der Waals surface area (Å²) in [5, 5.41) is 0. The van der Waals surface area contributed by atoms with E-state index < -0.39 is 17.6 Å². The molecule has 6 heteroatoms. The third kappa shape index (κ3) is 2.25. The van der Waals surface area contributed by atoms with Crippen molar-refractivity contribution in [1.29, 1.82) is 0 Å². The molecular weight excluding hydrogens is 295 g/mol. The minimum Gasteiger partial charge on any atom is -0.497 e. The molecule has 0 unspecified atom stereocenters. The second-order valence-corrected chi connectivity index (χ2v) is 6.06. The number of nitrogens with zero attached hydrogens (tertiary/aromatic N) is 1. The number of rotatable bonds is 2. The van der Waals surface area contributed by atoms with Crippen LogP contribution in [-0.2, 0) is 4.79 Å². The topological polar surface area (TPSA) is 29.5 Å². The standard InChI is InChI=1S/C16H18F3NO2/c1-22-13-5-3-11(4-6-13)12-9-14(21)20-8-2-7-15(20,10-12)16(17,18)19/h3-6,12H,2,7-10H2,1H3/t12-,15+/m1/s1. The van der Waals surface area contributed by atoms with Crippen molar-refractivity contribution < 1.29 is 22.7 Å². The Labute approximate surface area is 127 Å². The summed E-state index contributed by atoms with van der Waals surface area (Å²) in [4.78, 5) is 13.3. The normalized spacial score (nSPS) is 28.6. The van der Waals surface area contributed by atoms with E-state index in [4.69, 9.17) is 4.74 Å². The summed E-state index contributed by atoms with van der Waals surface area (Å²) in [6.45, 7) is 0.216. The van der Waals surface area contributed by atoms with Crippen LogP contribution in [0.5, 0.6) is 5.75 Å². The minimum atomic E-state index is -4.38. The average Bonchev–Trinajstić information content (AvgIpc) is 2.93. The maximum atomic E-state index is 13.7. The van der Waals surface area contributed by atoms with Crippen molar-refractivity contribution in [3.8, 4) is 5.75 Å². The summed E-state index contributed by atoms with van der Waals surface area (Å²) < 4.78 is 46.0. The number of carbonyl (C=O) groups excluding carboxylic acids is 1. The van der Waals surface area contributed by atoms with Gasteiger partial charge in [0, 0.05) is 13.0 Å². The zero-order valence-electron chi connectivity index (χ0n) is 12.3. The second kappa shape index (κ2) is 5.18. The summed E-state index contributed by atoms with van der Waals surface area (Å²) in [7, 11) is 1.54. The molecular formula is C16H18F3NO2. The zero-order valence-corrected chi connectivity index (χ0v) is 12.3. The van der Waals surface area contributed by atoms with E-state index in [1.165, 1.54) is 7.11 Å². The van der Waals surface area contributed by atoms with Crippen molar-refractivity contribution in [2.45, 2.75) is 43.3 Å². The van der Waals surface area contributed by atoms with E-state index in [1.807, 2.05) is 0 Å². The van der Waals surface area contributed by atoms with Crippen molar-refractivity contribution >= 4 is 5.91 Å². The van der Waals surface area contributed by atoms with Gasteiger partial charge in [-0.05, 0) is 42.9 Å². The molecule has 3 rings (SSSR count). The van der Waals surface area contributed by atoms with Gasteiger partial charge in [0.25, 0.3) is 0 Å². The van der Waals surface area contributed by atoms with Gasteiger partial charge in [-0.1, -0.05) is 12.1 Å². The Balaban J connectivity index is 1.93. The van der Waals surface area contributed by atoms with Crippen LogP contribution in [-0.4, -0.2) is 36.2 Å². The van der Waals surface area contributed by atoms with Crippen molar-refractivity contribution in [3.63, 3.8) is 0 Å². The first kappa shape index (κ1) is 15.2. The Kier molecular flexibility index (Phi) is 3.57. The summed E-state index contributed by atoms with van der Waals surface area (Å²) in [5.41, 5.74) is -1.21. The molecule has 0 bridgehead atoms. The van der Waals surface area contributed by atoms with Crippen LogP contribution in [0.4, 0.5) is 13.2 Å². The van der Waals surface area contributed by atoms with Gasteiger partial charge >= 0.3 is 6.18 Å². The van der Waals surface area contributed by atoms with E-state index in [2.05, 4.69) is 0 Å². The molecule has 2 fully saturated rings. The Bertz CT molecular complexity index is 570. The lowest BCUT2D eigenvalue weighted by atomic mass is 9.76. The van der Waals surface area contributed by atoms with Gasteiger partial charge in [-0.25, -0.2) is 0 Å². The highest BCUT2D eigenvalue weighted by molar-refractivity contribution is 5.80. The van der Waals surface area contributed by atoms with Crippen LogP contribution in [0.15, 0.2) is 24.3 Å². The van der Waals surface area contributed by atoms with E-state index in [1.54, 1.807) is 24.3 Å². The Morgan fingerprint density at radius 2 is 1.95 bits per heavy atom. The maximum Gasteiger partial charge on any atom is 0.411 e. The molecule has 0 saturated carbocycles. The molecule has 0 radical (unpaired) electrons. The minimum absolute atomic E-state index is 0.00882. The van der Waals surface area contributed by atoms with Crippen molar-refractivity contribution in [2.75, 3.05) is 13.7 Å². The van der Waals surface area contributed by atoms with Crippen molar-refractivity contribution in [3.05, 3.63) is 29.8 Å². The van der Waals surface area contributed by atoms with Crippen LogP contribution in [0.3, 0.4) is 0 Å². The number of methoxy groups -OCH3 is 1. The third-order valence-corrected chi connectivity index (χ3v) is 4.91. The monoisotopic (exact) mass is 313 g/mol. The Morgan fingerprint density at radius 1 is 1.27 bits per heavy atom. The molecule has 0 spiro atoms. The molecule has 1 aromatic rings. The first-order chi connectivity index (χ1) is 10.4. The summed E-state index contributed by atoms with van der Waals surface area (Å²) in [5.74, 6) is -0.129. The van der Waals surface area contributed by atoms with Gasteiger partial charge in [0.2, 0.25) is 5.91 Å². The molecule has 3 nitrogen and oxygen atoms in total. The fourth-order valence-electron chi connectivity index (χ4n) is 3.78. The van der Waals surface area contributed by atoms with E-state index in [9.17, 15) is 18.0 Å². The first-order valence-corrected chi connectivity index (χ1v) is 7.38. The Hall–Kier alpha value is -1.72. The fourth-order valence-corrected chi connectivity index (χ4v) is 3.78. The SMILES string of the molecule is COc1ccc([C@@H]2CC(=O)N3CCC[C@@]3(C(F)(F)F)C2)cc1. The third-order valence-electron chi connectivity index (χ3n) is 4.91.